The Morgan fingerprint density at radius 2 is 1.44 bits per heavy atom. The van der Waals surface area contributed by atoms with Gasteiger partial charge in [0.2, 0.25) is 0 Å². The first-order valence-corrected chi connectivity index (χ1v) is 7.51. The lowest BCUT2D eigenvalue weighted by Gasteiger charge is -2.30. The second-order valence-electron chi connectivity index (χ2n) is 5.41. The van der Waals surface area contributed by atoms with Gasteiger partial charge < -0.3 is 14.8 Å². The Bertz CT molecular complexity index is 179. The van der Waals surface area contributed by atoms with Crippen LogP contribution < -0.4 is 5.32 Å². The van der Waals surface area contributed by atoms with Crippen LogP contribution in [0.25, 0.3) is 0 Å². The molecule has 0 saturated carbocycles. The van der Waals surface area contributed by atoms with Gasteiger partial charge in [-0.05, 0) is 45.1 Å². The quantitative estimate of drug-likeness (QED) is 0.577. The zero-order valence-electron chi connectivity index (χ0n) is 13.2. The minimum Gasteiger partial charge on any atom is -0.351 e. The summed E-state index contributed by atoms with van der Waals surface area (Å²) in [5.74, 6) is 1.44. The summed E-state index contributed by atoms with van der Waals surface area (Å²) in [5.41, 5.74) is 0. The Labute approximate surface area is 114 Å². The molecule has 0 heterocycles. The molecule has 0 aromatic heterocycles. The van der Waals surface area contributed by atoms with Gasteiger partial charge in [-0.25, -0.2) is 0 Å². The van der Waals surface area contributed by atoms with Gasteiger partial charge in [0.1, 0.15) is 0 Å². The van der Waals surface area contributed by atoms with Gasteiger partial charge in [-0.3, -0.25) is 0 Å². The fourth-order valence-corrected chi connectivity index (χ4v) is 2.50. The maximum Gasteiger partial charge on any atom is 0.172 e. The molecule has 2 unspecified atom stereocenters. The minimum atomic E-state index is -0.116. The average Bonchev–Trinajstić information content (AvgIpc) is 2.27. The monoisotopic (exact) mass is 259 g/mol. The number of rotatable bonds is 11. The maximum atomic E-state index is 5.72. The first kappa shape index (κ1) is 17.9. The molecule has 3 heteroatoms. The molecule has 0 aromatic carbocycles. The Morgan fingerprint density at radius 1 is 0.889 bits per heavy atom. The fourth-order valence-electron chi connectivity index (χ4n) is 2.50. The van der Waals surface area contributed by atoms with E-state index in [0.29, 0.717) is 25.2 Å². The molecule has 0 saturated heterocycles. The van der Waals surface area contributed by atoms with E-state index in [4.69, 9.17) is 9.47 Å². The molecule has 18 heavy (non-hydrogen) atoms. The molecular formula is C15H33NO2. The van der Waals surface area contributed by atoms with Gasteiger partial charge >= 0.3 is 0 Å². The summed E-state index contributed by atoms with van der Waals surface area (Å²) >= 11 is 0. The molecule has 0 spiro atoms. The van der Waals surface area contributed by atoms with Crippen LogP contribution in [0.15, 0.2) is 0 Å². The van der Waals surface area contributed by atoms with Crippen LogP contribution in [0.3, 0.4) is 0 Å². The molecular weight excluding hydrogens is 226 g/mol. The average molecular weight is 259 g/mol. The second-order valence-corrected chi connectivity index (χ2v) is 5.41. The van der Waals surface area contributed by atoms with E-state index in [2.05, 4.69) is 33.0 Å². The van der Waals surface area contributed by atoms with E-state index < -0.39 is 0 Å². The summed E-state index contributed by atoms with van der Waals surface area (Å²) in [5, 5.41) is 3.51. The van der Waals surface area contributed by atoms with Crippen molar-refractivity contribution < 1.29 is 9.47 Å². The molecule has 3 nitrogen and oxygen atoms in total. The Balaban J connectivity index is 4.39. The van der Waals surface area contributed by atoms with Crippen LogP contribution in [0.1, 0.15) is 54.4 Å². The lowest BCUT2D eigenvalue weighted by atomic mass is 9.92. The van der Waals surface area contributed by atoms with Crippen molar-refractivity contribution in [3.63, 3.8) is 0 Å². The van der Waals surface area contributed by atoms with Crippen molar-refractivity contribution in [3.05, 3.63) is 0 Å². The molecule has 0 aliphatic rings. The smallest absolute Gasteiger partial charge is 0.172 e. The number of likely N-dealkylation sites (N-methyl/N-ethyl adjacent to an activating group) is 1. The maximum absolute atomic E-state index is 5.72. The van der Waals surface area contributed by atoms with Crippen molar-refractivity contribution in [1.29, 1.82) is 0 Å². The first-order chi connectivity index (χ1) is 8.54. The molecule has 2 atom stereocenters. The van der Waals surface area contributed by atoms with E-state index in [1.54, 1.807) is 0 Å². The molecule has 0 rings (SSSR count). The highest BCUT2D eigenvalue weighted by Gasteiger charge is 2.23. The summed E-state index contributed by atoms with van der Waals surface area (Å²) in [6.45, 7) is 15.4. The molecule has 0 bridgehead atoms. The Morgan fingerprint density at radius 3 is 1.83 bits per heavy atom. The van der Waals surface area contributed by atoms with Crippen molar-refractivity contribution in [1.82, 2.24) is 5.32 Å². The van der Waals surface area contributed by atoms with Crippen LogP contribution >= 0.6 is 0 Å². The number of hydrogen-bond donors (Lipinski definition) is 1. The lowest BCUT2D eigenvalue weighted by molar-refractivity contribution is -0.156. The van der Waals surface area contributed by atoms with Crippen LogP contribution in [-0.2, 0) is 9.47 Å². The van der Waals surface area contributed by atoms with Crippen molar-refractivity contribution in [2.45, 2.75) is 66.7 Å². The Kier molecular flexibility index (Phi) is 10.7. The topological polar surface area (TPSA) is 30.5 Å². The fraction of sp³-hybridized carbons (Fsp3) is 1.00. The third kappa shape index (κ3) is 8.06. The molecule has 0 aliphatic carbocycles. The van der Waals surface area contributed by atoms with Crippen LogP contribution in [-0.4, -0.2) is 32.1 Å². The summed E-state index contributed by atoms with van der Waals surface area (Å²) in [7, 11) is 0. The predicted molar refractivity (Wildman–Crippen MR) is 77.7 cm³/mol. The van der Waals surface area contributed by atoms with Crippen LogP contribution in [0.4, 0.5) is 0 Å². The first-order valence-electron chi connectivity index (χ1n) is 7.51. The SMILES string of the molecule is CCNC(CC(C)CC(C)C)C(OCC)OCC. The molecule has 0 fully saturated rings. The van der Waals surface area contributed by atoms with E-state index in [0.717, 1.165) is 18.9 Å². The van der Waals surface area contributed by atoms with Gasteiger partial charge in [0.15, 0.2) is 6.29 Å². The predicted octanol–water partition coefficient (Wildman–Crippen LogP) is 3.44. The zero-order chi connectivity index (χ0) is 14.0. The second kappa shape index (κ2) is 10.8. The molecule has 0 aromatic rings. The highest BCUT2D eigenvalue weighted by molar-refractivity contribution is 4.74. The van der Waals surface area contributed by atoms with E-state index in [1.807, 2.05) is 13.8 Å². The third-order valence-electron chi connectivity index (χ3n) is 2.99. The standard InChI is InChI=1S/C15H33NO2/c1-7-16-14(11-13(6)10-12(4)5)15(17-8-2)18-9-3/h12-16H,7-11H2,1-6H3. The van der Waals surface area contributed by atoms with E-state index in [9.17, 15) is 0 Å². The summed E-state index contributed by atoms with van der Waals surface area (Å²) < 4.78 is 11.4. The van der Waals surface area contributed by atoms with Gasteiger partial charge in [-0.15, -0.1) is 0 Å². The lowest BCUT2D eigenvalue weighted by Crippen LogP contribution is -2.44. The van der Waals surface area contributed by atoms with Gasteiger partial charge in [0.05, 0.1) is 6.04 Å². The highest BCUT2D eigenvalue weighted by Crippen LogP contribution is 2.19. The van der Waals surface area contributed by atoms with Gasteiger partial charge in [0.25, 0.3) is 0 Å². The largest absolute Gasteiger partial charge is 0.351 e. The van der Waals surface area contributed by atoms with E-state index in [1.165, 1.54) is 6.42 Å². The highest BCUT2D eigenvalue weighted by atomic mass is 16.7. The summed E-state index contributed by atoms with van der Waals surface area (Å²) in [4.78, 5) is 0. The zero-order valence-corrected chi connectivity index (χ0v) is 13.2. The van der Waals surface area contributed by atoms with Crippen molar-refractivity contribution in [3.8, 4) is 0 Å². The summed E-state index contributed by atoms with van der Waals surface area (Å²) in [6, 6.07) is 0.295. The van der Waals surface area contributed by atoms with Gasteiger partial charge in [-0.2, -0.15) is 0 Å². The third-order valence-corrected chi connectivity index (χ3v) is 2.99. The molecule has 0 amide bonds. The van der Waals surface area contributed by atoms with Crippen molar-refractivity contribution in [2.24, 2.45) is 11.8 Å². The van der Waals surface area contributed by atoms with Crippen LogP contribution in [0, 0.1) is 11.8 Å². The summed E-state index contributed by atoms with van der Waals surface area (Å²) in [6.07, 6.45) is 2.25. The van der Waals surface area contributed by atoms with Crippen molar-refractivity contribution >= 4 is 0 Å². The number of nitrogens with one attached hydrogen (secondary N) is 1. The van der Waals surface area contributed by atoms with Gasteiger partial charge in [-0.1, -0.05) is 27.7 Å². The van der Waals surface area contributed by atoms with Crippen LogP contribution in [0.2, 0.25) is 0 Å². The molecule has 0 aliphatic heterocycles. The molecule has 110 valence electrons. The molecule has 1 N–H and O–H groups in total. The Hall–Kier alpha value is -0.120. The van der Waals surface area contributed by atoms with Crippen LogP contribution in [0.5, 0.6) is 0 Å². The molecule has 0 radical (unpaired) electrons. The van der Waals surface area contributed by atoms with Gasteiger partial charge in [0, 0.05) is 13.2 Å². The van der Waals surface area contributed by atoms with E-state index >= 15 is 0 Å². The van der Waals surface area contributed by atoms with E-state index in [-0.39, 0.29) is 6.29 Å². The number of hydrogen-bond acceptors (Lipinski definition) is 3. The number of ether oxygens (including phenoxy) is 2. The van der Waals surface area contributed by atoms with Crippen molar-refractivity contribution in [2.75, 3.05) is 19.8 Å². The minimum absolute atomic E-state index is 0.116. The normalized spacial score (nSPS) is 15.3.